The van der Waals surface area contributed by atoms with Crippen LogP contribution in [0.4, 0.5) is 0 Å². The number of rotatable bonds is 10. The van der Waals surface area contributed by atoms with Crippen LogP contribution in [0.5, 0.6) is 23.0 Å². The minimum atomic E-state index is -2.90. The van der Waals surface area contributed by atoms with E-state index in [0.717, 1.165) is 23.1 Å². The summed E-state index contributed by atoms with van der Waals surface area (Å²) >= 11 is 0. The van der Waals surface area contributed by atoms with Crippen LogP contribution in [0.2, 0.25) is 0 Å². The minimum Gasteiger partial charge on any atom is -0.496 e. The van der Waals surface area contributed by atoms with Crippen LogP contribution >= 0.6 is 7.14 Å². The lowest BCUT2D eigenvalue weighted by atomic mass is 9.80. The molecule has 0 radical (unpaired) electrons. The van der Waals surface area contributed by atoms with Crippen LogP contribution in [0.25, 0.3) is 0 Å². The fourth-order valence-corrected chi connectivity index (χ4v) is 7.84. The highest BCUT2D eigenvalue weighted by atomic mass is 31.2. The number of hydrogen-bond acceptors (Lipinski definition) is 5. The van der Waals surface area contributed by atoms with Crippen LogP contribution in [0.3, 0.4) is 0 Å². The summed E-state index contributed by atoms with van der Waals surface area (Å²) < 4.78 is 37.5. The second-order valence-electron chi connectivity index (χ2n) is 9.62. The smallest absolute Gasteiger partial charge is 0.126 e. The van der Waals surface area contributed by atoms with Gasteiger partial charge in [-0.05, 0) is 48.6 Å². The summed E-state index contributed by atoms with van der Waals surface area (Å²) in [5.41, 5.74) is 4.18. The van der Waals surface area contributed by atoms with Gasteiger partial charge in [0.2, 0.25) is 0 Å². The Hall–Kier alpha value is -2.65. The number of ether oxygens (including phenoxy) is 4. The molecule has 2 aromatic carbocycles. The Balaban J connectivity index is 2.11. The first kappa shape index (κ1) is 26.0. The summed E-state index contributed by atoms with van der Waals surface area (Å²) in [6, 6.07) is 11.3. The van der Waals surface area contributed by atoms with Gasteiger partial charge in [0.05, 0.1) is 28.4 Å². The predicted octanol–water partition coefficient (Wildman–Crippen LogP) is 7.09. The van der Waals surface area contributed by atoms with Crippen LogP contribution in [0.15, 0.2) is 59.7 Å². The molecule has 3 rings (SSSR count). The van der Waals surface area contributed by atoms with Gasteiger partial charge in [0.15, 0.2) is 0 Å². The summed E-state index contributed by atoms with van der Waals surface area (Å²) in [5.74, 6) is 2.71. The van der Waals surface area contributed by atoms with E-state index < -0.39 is 7.14 Å². The quantitative estimate of drug-likeness (QED) is 0.337. The van der Waals surface area contributed by atoms with Crippen molar-refractivity contribution in [2.24, 2.45) is 5.41 Å². The van der Waals surface area contributed by atoms with Crippen molar-refractivity contribution in [1.29, 1.82) is 0 Å². The molecule has 0 aliphatic heterocycles. The summed E-state index contributed by atoms with van der Waals surface area (Å²) in [7, 11) is 3.62. The van der Waals surface area contributed by atoms with E-state index in [2.05, 4.69) is 32.9 Å². The van der Waals surface area contributed by atoms with Gasteiger partial charge in [-0.2, -0.15) is 0 Å². The van der Waals surface area contributed by atoms with Crippen molar-refractivity contribution in [2.75, 3.05) is 34.6 Å². The van der Waals surface area contributed by atoms with Gasteiger partial charge in [-0.25, -0.2) is 0 Å². The van der Waals surface area contributed by atoms with Crippen LogP contribution in [0.1, 0.15) is 38.3 Å². The van der Waals surface area contributed by atoms with E-state index in [4.69, 9.17) is 18.9 Å². The van der Waals surface area contributed by atoms with Gasteiger partial charge in [-0.1, -0.05) is 43.7 Å². The largest absolute Gasteiger partial charge is 0.496 e. The molecule has 0 saturated heterocycles. The van der Waals surface area contributed by atoms with E-state index in [0.29, 0.717) is 41.5 Å². The monoisotopic (exact) mass is 484 g/mol. The van der Waals surface area contributed by atoms with Crippen LogP contribution in [0, 0.1) is 5.41 Å². The molecule has 0 heterocycles. The molecule has 0 N–H and O–H groups in total. The van der Waals surface area contributed by atoms with Crippen molar-refractivity contribution in [1.82, 2.24) is 0 Å². The highest BCUT2D eigenvalue weighted by molar-refractivity contribution is 7.62. The van der Waals surface area contributed by atoms with Crippen molar-refractivity contribution in [2.45, 2.75) is 39.5 Å². The van der Waals surface area contributed by atoms with E-state index in [1.807, 2.05) is 36.4 Å². The summed E-state index contributed by atoms with van der Waals surface area (Å²) in [6.45, 7) is 6.60. The standard InChI is InChI=1S/C28H37O5P/c1-20-16-28(2,3)15-14-21(20)17-34(29,18-22-24(30-4)10-8-11-25(22)31-5)19-23-26(32-6)12-9-13-27(23)33-7/h8-15H,16-19H2,1-7H3. The Morgan fingerprint density at radius 2 is 1.18 bits per heavy atom. The van der Waals surface area contributed by atoms with E-state index in [1.54, 1.807) is 28.4 Å². The Labute approximate surface area is 204 Å². The molecule has 5 nitrogen and oxygen atoms in total. The van der Waals surface area contributed by atoms with Gasteiger partial charge >= 0.3 is 0 Å². The Kier molecular flexibility index (Phi) is 8.20. The van der Waals surface area contributed by atoms with Gasteiger partial charge in [0.25, 0.3) is 0 Å². The molecule has 0 bridgehead atoms. The highest BCUT2D eigenvalue weighted by Crippen LogP contribution is 2.58. The number of hydrogen-bond donors (Lipinski definition) is 0. The SMILES string of the molecule is COc1cccc(OC)c1CP(=O)(CC1=C(C)CC(C)(C)C=C1)Cc1c(OC)cccc1OC. The molecule has 2 aromatic rings. The molecular weight excluding hydrogens is 447 g/mol. The summed E-state index contributed by atoms with van der Waals surface area (Å²) in [4.78, 5) is 0. The highest BCUT2D eigenvalue weighted by Gasteiger charge is 2.32. The van der Waals surface area contributed by atoms with E-state index in [1.165, 1.54) is 5.57 Å². The molecular formula is C28H37O5P. The minimum absolute atomic E-state index is 0.106. The molecule has 1 aliphatic rings. The number of methoxy groups -OCH3 is 4. The van der Waals surface area contributed by atoms with Gasteiger partial charge in [-0.3, -0.25) is 0 Å². The van der Waals surface area contributed by atoms with Gasteiger partial charge in [-0.15, -0.1) is 0 Å². The molecule has 0 amide bonds. The molecule has 1 aliphatic carbocycles. The first-order valence-electron chi connectivity index (χ1n) is 11.5. The van der Waals surface area contributed by atoms with Crippen LogP contribution in [-0.2, 0) is 16.9 Å². The van der Waals surface area contributed by atoms with Gasteiger partial charge in [0.1, 0.15) is 30.1 Å². The maximum Gasteiger partial charge on any atom is 0.126 e. The van der Waals surface area contributed by atoms with E-state index in [9.17, 15) is 4.57 Å². The van der Waals surface area contributed by atoms with Crippen molar-refractivity contribution < 1.29 is 23.5 Å². The van der Waals surface area contributed by atoms with E-state index in [-0.39, 0.29) is 5.41 Å². The van der Waals surface area contributed by atoms with Crippen molar-refractivity contribution in [3.05, 3.63) is 70.8 Å². The average Bonchev–Trinajstić information content (AvgIpc) is 2.80. The summed E-state index contributed by atoms with van der Waals surface area (Å²) in [6.07, 6.45) is 6.50. The maximum absolute atomic E-state index is 14.9. The lowest BCUT2D eigenvalue weighted by molar-refractivity contribution is 0.386. The lowest BCUT2D eigenvalue weighted by Gasteiger charge is -2.29. The van der Waals surface area contributed by atoms with E-state index >= 15 is 0 Å². The Morgan fingerprint density at radius 1 is 0.765 bits per heavy atom. The Morgan fingerprint density at radius 3 is 1.53 bits per heavy atom. The second kappa shape index (κ2) is 10.7. The molecule has 34 heavy (non-hydrogen) atoms. The number of benzene rings is 2. The lowest BCUT2D eigenvalue weighted by Crippen LogP contribution is -2.14. The van der Waals surface area contributed by atoms with Gasteiger partial charge < -0.3 is 23.5 Å². The topological polar surface area (TPSA) is 54.0 Å². The third-order valence-corrected chi connectivity index (χ3v) is 9.12. The first-order valence-corrected chi connectivity index (χ1v) is 13.8. The van der Waals surface area contributed by atoms with Crippen molar-refractivity contribution >= 4 is 7.14 Å². The molecule has 6 heteroatoms. The van der Waals surface area contributed by atoms with Crippen LogP contribution in [-0.4, -0.2) is 34.6 Å². The van der Waals surface area contributed by atoms with Crippen molar-refractivity contribution in [3.8, 4) is 23.0 Å². The third-order valence-electron chi connectivity index (χ3n) is 6.42. The predicted molar refractivity (Wildman–Crippen MR) is 139 cm³/mol. The van der Waals surface area contributed by atoms with Crippen molar-refractivity contribution in [3.63, 3.8) is 0 Å². The Bertz CT molecular complexity index is 1020. The molecule has 0 atom stereocenters. The zero-order chi connectivity index (χ0) is 24.9. The third kappa shape index (κ3) is 5.88. The molecule has 0 fully saturated rings. The molecule has 0 saturated carbocycles. The molecule has 184 valence electrons. The fourth-order valence-electron chi connectivity index (χ4n) is 4.73. The molecule has 0 aromatic heterocycles. The first-order chi connectivity index (χ1) is 16.1. The second-order valence-corrected chi connectivity index (χ2v) is 12.7. The maximum atomic E-state index is 14.9. The molecule has 0 spiro atoms. The zero-order valence-electron chi connectivity index (χ0n) is 21.4. The zero-order valence-corrected chi connectivity index (χ0v) is 22.3. The van der Waals surface area contributed by atoms with Crippen LogP contribution < -0.4 is 18.9 Å². The van der Waals surface area contributed by atoms with Gasteiger partial charge in [0, 0.05) is 29.6 Å². The molecule has 0 unspecified atom stereocenters. The number of allylic oxidation sites excluding steroid dienone is 4. The fraction of sp³-hybridized carbons (Fsp3) is 0.429. The summed E-state index contributed by atoms with van der Waals surface area (Å²) in [5, 5.41) is 0. The normalized spacial score (nSPS) is 15.3. The average molecular weight is 485 g/mol.